The highest BCUT2D eigenvalue weighted by molar-refractivity contribution is 5.77. The Bertz CT molecular complexity index is 536. The fraction of sp³-hybridized carbons (Fsp3) is 0.429. The number of hydrogen-bond donors (Lipinski definition) is 1. The molecule has 1 fully saturated rings. The molecule has 1 aromatic carbocycles. The molecule has 100 valence electrons. The monoisotopic (exact) mass is 259 g/mol. The van der Waals surface area contributed by atoms with Gasteiger partial charge in [0, 0.05) is 19.5 Å². The molecule has 19 heavy (non-hydrogen) atoms. The van der Waals surface area contributed by atoms with Gasteiger partial charge in [0.15, 0.2) is 0 Å². The highest BCUT2D eigenvalue weighted by Gasteiger charge is 2.32. The van der Waals surface area contributed by atoms with Gasteiger partial charge in [-0.15, -0.1) is 0 Å². The molecule has 1 amide bonds. The Morgan fingerprint density at radius 3 is 2.89 bits per heavy atom. The maximum Gasteiger partial charge on any atom is 0.222 e. The first-order valence-electron chi connectivity index (χ1n) is 6.17. The molecule has 1 saturated heterocycles. The van der Waals surface area contributed by atoms with Crippen LogP contribution in [-0.2, 0) is 4.79 Å². The number of benzene rings is 1. The van der Waals surface area contributed by atoms with E-state index in [1.165, 1.54) is 7.11 Å². The summed E-state index contributed by atoms with van der Waals surface area (Å²) in [6.07, 6.45) is 1.15. The molecule has 1 heterocycles. The third-order valence-corrected chi connectivity index (χ3v) is 3.59. The average molecular weight is 259 g/mol. The lowest BCUT2D eigenvalue weighted by molar-refractivity contribution is -0.135. The molecule has 1 aromatic rings. The van der Waals surface area contributed by atoms with Gasteiger partial charge < -0.3 is 15.4 Å². The van der Waals surface area contributed by atoms with Gasteiger partial charge in [-0.25, -0.2) is 0 Å². The van der Waals surface area contributed by atoms with Crippen molar-refractivity contribution in [3.8, 4) is 11.8 Å². The largest absolute Gasteiger partial charge is 0.495 e. The Labute approximate surface area is 112 Å². The Morgan fingerprint density at radius 1 is 1.53 bits per heavy atom. The van der Waals surface area contributed by atoms with Gasteiger partial charge in [-0.05, 0) is 24.1 Å². The Morgan fingerprint density at radius 2 is 2.26 bits per heavy atom. The highest BCUT2D eigenvalue weighted by Crippen LogP contribution is 2.32. The van der Waals surface area contributed by atoms with Crippen LogP contribution >= 0.6 is 0 Å². The first-order valence-corrected chi connectivity index (χ1v) is 6.17. The number of hydrogen-bond acceptors (Lipinski definition) is 4. The second kappa shape index (κ2) is 5.29. The van der Waals surface area contributed by atoms with Crippen molar-refractivity contribution in [3.05, 3.63) is 29.3 Å². The molecule has 2 atom stereocenters. The van der Waals surface area contributed by atoms with Crippen LogP contribution in [0.15, 0.2) is 18.2 Å². The van der Waals surface area contributed by atoms with Crippen LogP contribution in [0.2, 0.25) is 0 Å². The molecule has 5 heteroatoms. The van der Waals surface area contributed by atoms with Crippen LogP contribution in [0.1, 0.15) is 30.0 Å². The molecule has 0 aromatic heterocycles. The maximum absolute atomic E-state index is 11.8. The van der Waals surface area contributed by atoms with Gasteiger partial charge in [0.2, 0.25) is 5.91 Å². The fourth-order valence-electron chi connectivity index (χ4n) is 2.53. The summed E-state index contributed by atoms with van der Waals surface area (Å²) in [7, 11) is 3.28. The van der Waals surface area contributed by atoms with E-state index in [1.807, 2.05) is 6.07 Å². The van der Waals surface area contributed by atoms with Gasteiger partial charge >= 0.3 is 0 Å². The number of carbonyl (C=O) groups is 1. The smallest absolute Gasteiger partial charge is 0.222 e. The molecular weight excluding hydrogens is 242 g/mol. The van der Waals surface area contributed by atoms with E-state index in [0.29, 0.717) is 24.2 Å². The molecule has 1 aliphatic heterocycles. The van der Waals surface area contributed by atoms with Crippen molar-refractivity contribution >= 4 is 5.91 Å². The molecule has 2 rings (SSSR count). The minimum Gasteiger partial charge on any atom is -0.495 e. The van der Waals surface area contributed by atoms with E-state index in [-0.39, 0.29) is 18.0 Å². The lowest BCUT2D eigenvalue weighted by Gasteiger charge is -2.37. The third-order valence-electron chi connectivity index (χ3n) is 3.59. The van der Waals surface area contributed by atoms with Gasteiger partial charge in [-0.2, -0.15) is 5.26 Å². The summed E-state index contributed by atoms with van der Waals surface area (Å²) in [5.41, 5.74) is 7.45. The zero-order valence-electron chi connectivity index (χ0n) is 11.1. The Kier molecular flexibility index (Phi) is 3.72. The molecule has 5 nitrogen and oxygen atoms in total. The molecule has 0 radical (unpaired) electrons. The standard InChI is InChI=1S/C14H17N3O2/c1-17-13(18)6-4-11(16)14(17)9-3-5-12(19-2)10(7-9)8-15/h3,5,7,11,14H,4,6,16H2,1-2H3. The summed E-state index contributed by atoms with van der Waals surface area (Å²) in [5.74, 6) is 0.616. The summed E-state index contributed by atoms with van der Waals surface area (Å²) in [6.45, 7) is 0. The fourth-order valence-corrected chi connectivity index (χ4v) is 2.53. The average Bonchev–Trinajstić information content (AvgIpc) is 2.43. The molecular formula is C14H17N3O2. The van der Waals surface area contributed by atoms with Gasteiger partial charge in [-0.3, -0.25) is 4.79 Å². The summed E-state index contributed by atoms with van der Waals surface area (Å²) in [6, 6.07) is 7.16. The number of ether oxygens (including phenoxy) is 1. The van der Waals surface area contributed by atoms with Crippen molar-refractivity contribution < 1.29 is 9.53 Å². The Hall–Kier alpha value is -2.06. The lowest BCUT2D eigenvalue weighted by atomic mass is 9.90. The van der Waals surface area contributed by atoms with Crippen LogP contribution in [0, 0.1) is 11.3 Å². The van der Waals surface area contributed by atoms with Crippen molar-refractivity contribution in [2.75, 3.05) is 14.2 Å². The molecule has 0 saturated carbocycles. The summed E-state index contributed by atoms with van der Waals surface area (Å²) in [4.78, 5) is 13.4. The minimum atomic E-state index is -0.181. The Balaban J connectivity index is 2.40. The van der Waals surface area contributed by atoms with E-state index in [4.69, 9.17) is 15.7 Å². The normalized spacial score (nSPS) is 23.1. The van der Waals surface area contributed by atoms with Gasteiger partial charge in [0.1, 0.15) is 11.8 Å². The predicted octanol–water partition coefficient (Wildman–Crippen LogP) is 1.19. The molecule has 0 aliphatic carbocycles. The summed E-state index contributed by atoms with van der Waals surface area (Å²) < 4.78 is 5.12. The van der Waals surface area contributed by atoms with Crippen LogP contribution in [0.3, 0.4) is 0 Å². The number of nitriles is 1. The van der Waals surface area contributed by atoms with Crippen molar-refractivity contribution in [2.24, 2.45) is 5.73 Å². The molecule has 0 bridgehead atoms. The predicted molar refractivity (Wildman–Crippen MR) is 70.4 cm³/mol. The van der Waals surface area contributed by atoms with Crippen molar-refractivity contribution in [3.63, 3.8) is 0 Å². The van der Waals surface area contributed by atoms with Crippen LogP contribution in [-0.4, -0.2) is 31.0 Å². The van der Waals surface area contributed by atoms with E-state index < -0.39 is 0 Å². The van der Waals surface area contributed by atoms with Gasteiger partial charge in [0.25, 0.3) is 0 Å². The second-order valence-corrected chi connectivity index (χ2v) is 4.72. The van der Waals surface area contributed by atoms with Crippen molar-refractivity contribution in [2.45, 2.75) is 24.9 Å². The first kappa shape index (κ1) is 13.4. The highest BCUT2D eigenvalue weighted by atomic mass is 16.5. The third kappa shape index (κ3) is 2.40. The van der Waals surface area contributed by atoms with Crippen LogP contribution in [0.4, 0.5) is 0 Å². The number of nitrogens with two attached hydrogens (primary N) is 1. The number of nitrogens with zero attached hydrogens (tertiary/aromatic N) is 2. The number of piperidine rings is 1. The SMILES string of the molecule is COc1ccc(C2C(N)CCC(=O)N2C)cc1C#N. The summed E-state index contributed by atoms with van der Waals surface area (Å²) >= 11 is 0. The van der Waals surface area contributed by atoms with Crippen molar-refractivity contribution in [1.29, 1.82) is 5.26 Å². The molecule has 2 unspecified atom stereocenters. The quantitative estimate of drug-likeness (QED) is 0.865. The zero-order chi connectivity index (χ0) is 14.0. The summed E-state index contributed by atoms with van der Waals surface area (Å²) in [5, 5.41) is 9.11. The maximum atomic E-state index is 11.8. The molecule has 2 N–H and O–H groups in total. The van der Waals surface area contributed by atoms with Gasteiger partial charge in [0.05, 0.1) is 18.7 Å². The number of likely N-dealkylation sites (N-methyl/N-ethyl adjacent to an activating group) is 1. The number of amides is 1. The first-order chi connectivity index (χ1) is 9.08. The number of rotatable bonds is 2. The van der Waals surface area contributed by atoms with E-state index in [9.17, 15) is 4.79 Å². The van der Waals surface area contributed by atoms with Crippen LogP contribution in [0.5, 0.6) is 5.75 Å². The van der Waals surface area contributed by atoms with E-state index in [0.717, 1.165) is 5.56 Å². The topological polar surface area (TPSA) is 79.3 Å². The second-order valence-electron chi connectivity index (χ2n) is 4.72. The number of likely N-dealkylation sites (tertiary alicyclic amines) is 1. The van der Waals surface area contributed by atoms with E-state index in [1.54, 1.807) is 24.1 Å². The number of carbonyl (C=O) groups excluding carboxylic acids is 1. The van der Waals surface area contributed by atoms with Crippen LogP contribution < -0.4 is 10.5 Å². The number of methoxy groups -OCH3 is 1. The van der Waals surface area contributed by atoms with Crippen LogP contribution in [0.25, 0.3) is 0 Å². The zero-order valence-corrected chi connectivity index (χ0v) is 11.1. The minimum absolute atomic E-state index is 0.0843. The lowest BCUT2D eigenvalue weighted by Crippen LogP contribution is -2.46. The van der Waals surface area contributed by atoms with E-state index >= 15 is 0 Å². The molecule has 0 spiro atoms. The van der Waals surface area contributed by atoms with Crippen molar-refractivity contribution in [1.82, 2.24) is 4.90 Å². The van der Waals surface area contributed by atoms with Gasteiger partial charge in [-0.1, -0.05) is 6.07 Å². The van der Waals surface area contributed by atoms with E-state index in [2.05, 4.69) is 6.07 Å². The molecule has 1 aliphatic rings.